The summed E-state index contributed by atoms with van der Waals surface area (Å²) in [6.07, 6.45) is 2.61. The Balaban J connectivity index is 2.22. The van der Waals surface area contributed by atoms with Crippen LogP contribution in [0.1, 0.15) is 18.0 Å². The molecule has 3 N–H and O–H groups in total. The molecular formula is C14H20N2O2. The van der Waals surface area contributed by atoms with E-state index in [0.29, 0.717) is 19.8 Å². The van der Waals surface area contributed by atoms with Crippen molar-refractivity contribution in [1.29, 1.82) is 0 Å². The third-order valence-corrected chi connectivity index (χ3v) is 2.45. The van der Waals surface area contributed by atoms with Gasteiger partial charge in [-0.25, -0.2) is 0 Å². The molecule has 0 saturated carbocycles. The molecule has 0 aliphatic rings. The van der Waals surface area contributed by atoms with Crippen molar-refractivity contribution in [2.45, 2.75) is 12.5 Å². The van der Waals surface area contributed by atoms with Gasteiger partial charge in [0.2, 0.25) is 5.91 Å². The van der Waals surface area contributed by atoms with Gasteiger partial charge in [0.05, 0.1) is 13.2 Å². The molecule has 98 valence electrons. The third-order valence-electron chi connectivity index (χ3n) is 2.45. The molecule has 4 nitrogen and oxygen atoms in total. The Hall–Kier alpha value is -1.65. The van der Waals surface area contributed by atoms with Crippen LogP contribution < -0.4 is 11.1 Å². The van der Waals surface area contributed by atoms with Crippen molar-refractivity contribution >= 4 is 5.91 Å². The quantitative estimate of drug-likeness (QED) is 0.540. The third kappa shape index (κ3) is 5.12. The highest BCUT2D eigenvalue weighted by atomic mass is 16.5. The summed E-state index contributed by atoms with van der Waals surface area (Å²) in [6, 6.07) is 8.67. The molecule has 0 heterocycles. The summed E-state index contributed by atoms with van der Waals surface area (Å²) in [5, 5.41) is 2.74. The zero-order valence-electron chi connectivity index (χ0n) is 10.5. The number of carbonyl (C=O) groups excluding carboxylic acids is 1. The van der Waals surface area contributed by atoms with Crippen LogP contribution in [0.15, 0.2) is 43.0 Å². The number of ether oxygens (including phenoxy) is 1. The van der Waals surface area contributed by atoms with Gasteiger partial charge in [-0.15, -0.1) is 6.58 Å². The fraction of sp³-hybridized carbons (Fsp3) is 0.357. The average molecular weight is 248 g/mol. The highest BCUT2D eigenvalue weighted by Gasteiger charge is 2.14. The molecule has 0 aliphatic heterocycles. The first-order valence-electron chi connectivity index (χ1n) is 6.02. The lowest BCUT2D eigenvalue weighted by Gasteiger charge is -2.12. The molecule has 0 spiro atoms. The summed E-state index contributed by atoms with van der Waals surface area (Å²) in [5.41, 5.74) is 6.64. The predicted molar refractivity (Wildman–Crippen MR) is 72.0 cm³/mol. The van der Waals surface area contributed by atoms with Gasteiger partial charge in [0, 0.05) is 6.54 Å². The van der Waals surface area contributed by atoms with E-state index in [2.05, 4.69) is 11.9 Å². The van der Waals surface area contributed by atoms with Gasteiger partial charge in [0.25, 0.3) is 0 Å². The van der Waals surface area contributed by atoms with Crippen molar-refractivity contribution in [3.05, 3.63) is 48.6 Å². The average Bonchev–Trinajstić information content (AvgIpc) is 2.42. The van der Waals surface area contributed by atoms with E-state index in [-0.39, 0.29) is 5.91 Å². The predicted octanol–water partition coefficient (Wildman–Crippen LogP) is 1.40. The van der Waals surface area contributed by atoms with Crippen molar-refractivity contribution < 1.29 is 9.53 Å². The summed E-state index contributed by atoms with van der Waals surface area (Å²) < 4.78 is 5.28. The van der Waals surface area contributed by atoms with Gasteiger partial charge in [-0.05, 0) is 12.0 Å². The van der Waals surface area contributed by atoms with Crippen LogP contribution >= 0.6 is 0 Å². The maximum Gasteiger partial charge on any atom is 0.241 e. The van der Waals surface area contributed by atoms with Gasteiger partial charge in [-0.2, -0.15) is 0 Å². The number of carbonyl (C=O) groups is 1. The molecule has 1 rings (SSSR count). The number of rotatable bonds is 8. The number of hydrogen-bond donors (Lipinski definition) is 2. The molecule has 1 amide bonds. The molecule has 0 saturated heterocycles. The van der Waals surface area contributed by atoms with Gasteiger partial charge in [-0.1, -0.05) is 36.4 Å². The van der Waals surface area contributed by atoms with E-state index in [9.17, 15) is 4.79 Å². The van der Waals surface area contributed by atoms with Gasteiger partial charge in [0.1, 0.15) is 6.04 Å². The van der Waals surface area contributed by atoms with E-state index in [4.69, 9.17) is 10.5 Å². The zero-order valence-corrected chi connectivity index (χ0v) is 10.5. The molecule has 0 radical (unpaired) electrons. The lowest BCUT2D eigenvalue weighted by molar-refractivity contribution is -0.122. The van der Waals surface area contributed by atoms with Crippen LogP contribution in [0.2, 0.25) is 0 Å². The number of amides is 1. The molecular weight excluding hydrogens is 228 g/mol. The van der Waals surface area contributed by atoms with E-state index >= 15 is 0 Å². The second-order valence-corrected chi connectivity index (χ2v) is 3.87. The monoisotopic (exact) mass is 248 g/mol. The van der Waals surface area contributed by atoms with Crippen molar-refractivity contribution in [1.82, 2.24) is 5.32 Å². The first kappa shape index (κ1) is 14.4. The van der Waals surface area contributed by atoms with E-state index in [0.717, 1.165) is 12.0 Å². The minimum Gasteiger partial charge on any atom is -0.379 e. The van der Waals surface area contributed by atoms with Crippen molar-refractivity contribution in [3.8, 4) is 0 Å². The van der Waals surface area contributed by atoms with Gasteiger partial charge < -0.3 is 15.8 Å². The van der Waals surface area contributed by atoms with Gasteiger partial charge in [-0.3, -0.25) is 4.79 Å². The Bertz CT molecular complexity index is 365. The Morgan fingerprint density at radius 2 is 2.11 bits per heavy atom. The summed E-state index contributed by atoms with van der Waals surface area (Å²) in [6.45, 7) is 5.18. The summed E-state index contributed by atoms with van der Waals surface area (Å²) in [5.74, 6) is -0.187. The largest absolute Gasteiger partial charge is 0.379 e. The minimum atomic E-state index is -0.626. The summed E-state index contributed by atoms with van der Waals surface area (Å²) in [7, 11) is 0. The van der Waals surface area contributed by atoms with Crippen LogP contribution in [0, 0.1) is 0 Å². The first-order chi connectivity index (χ1) is 8.75. The molecule has 0 aromatic heterocycles. The first-order valence-corrected chi connectivity index (χ1v) is 6.02. The zero-order chi connectivity index (χ0) is 13.2. The Kier molecular flexibility index (Phi) is 6.76. The van der Waals surface area contributed by atoms with E-state index in [1.165, 1.54) is 0 Å². The Morgan fingerprint density at radius 3 is 2.78 bits per heavy atom. The number of nitrogens with one attached hydrogen (secondary N) is 1. The van der Waals surface area contributed by atoms with Crippen molar-refractivity contribution in [3.63, 3.8) is 0 Å². The number of hydrogen-bond acceptors (Lipinski definition) is 3. The molecule has 0 bridgehead atoms. The maximum atomic E-state index is 11.7. The lowest BCUT2D eigenvalue weighted by Crippen LogP contribution is -2.36. The molecule has 4 heteroatoms. The van der Waals surface area contributed by atoms with E-state index in [1.807, 2.05) is 30.3 Å². The fourth-order valence-corrected chi connectivity index (χ4v) is 1.44. The molecule has 0 unspecified atom stereocenters. The molecule has 0 fully saturated rings. The van der Waals surface area contributed by atoms with Crippen molar-refractivity contribution in [2.75, 3.05) is 19.8 Å². The Morgan fingerprint density at radius 1 is 1.39 bits per heavy atom. The lowest BCUT2D eigenvalue weighted by atomic mass is 10.1. The maximum absolute atomic E-state index is 11.7. The summed E-state index contributed by atoms with van der Waals surface area (Å²) in [4.78, 5) is 11.7. The van der Waals surface area contributed by atoms with Crippen molar-refractivity contribution in [2.24, 2.45) is 5.73 Å². The summed E-state index contributed by atoms with van der Waals surface area (Å²) >= 11 is 0. The normalized spacial score (nSPS) is 11.8. The molecule has 0 aliphatic carbocycles. The van der Waals surface area contributed by atoms with Gasteiger partial charge in [0.15, 0.2) is 0 Å². The van der Waals surface area contributed by atoms with E-state index < -0.39 is 6.04 Å². The van der Waals surface area contributed by atoms with Crippen LogP contribution in [0.4, 0.5) is 0 Å². The minimum absolute atomic E-state index is 0.187. The van der Waals surface area contributed by atoms with Crippen LogP contribution in [0.25, 0.3) is 0 Å². The second-order valence-electron chi connectivity index (χ2n) is 3.87. The molecule has 1 aromatic carbocycles. The smallest absolute Gasteiger partial charge is 0.241 e. The molecule has 18 heavy (non-hydrogen) atoms. The highest BCUT2D eigenvalue weighted by Crippen LogP contribution is 2.08. The van der Waals surface area contributed by atoms with Crippen LogP contribution in [0.5, 0.6) is 0 Å². The van der Waals surface area contributed by atoms with E-state index in [1.54, 1.807) is 6.08 Å². The molecule has 1 atom stereocenters. The standard InChI is InChI=1S/C14H20N2O2/c1-2-3-10-18-11-9-16-14(17)13(15)12-7-5-4-6-8-12/h2,4-8,13H,1,3,9-11,15H2,(H,16,17)/t13-/m1/s1. The number of nitrogens with two attached hydrogens (primary N) is 1. The van der Waals surface area contributed by atoms with Crippen LogP contribution in [-0.4, -0.2) is 25.7 Å². The van der Waals surface area contributed by atoms with Gasteiger partial charge >= 0.3 is 0 Å². The highest BCUT2D eigenvalue weighted by molar-refractivity contribution is 5.82. The fourth-order valence-electron chi connectivity index (χ4n) is 1.44. The molecule has 1 aromatic rings. The Labute approximate surface area is 108 Å². The second kappa shape index (κ2) is 8.44. The van der Waals surface area contributed by atoms with Crippen LogP contribution in [0.3, 0.4) is 0 Å². The number of benzene rings is 1. The van der Waals surface area contributed by atoms with Crippen LogP contribution in [-0.2, 0) is 9.53 Å². The topological polar surface area (TPSA) is 64.3 Å². The SMILES string of the molecule is C=CCCOCCNC(=O)[C@H](N)c1ccccc1.